The van der Waals surface area contributed by atoms with Gasteiger partial charge in [0.05, 0.1) is 17.7 Å². The fourth-order valence-electron chi connectivity index (χ4n) is 3.75. The minimum atomic E-state index is -0.682. The SMILES string of the molecule is N#Cc1cccc(NC(=O)C(=O)N2CCCC[C@@H]2c2cc3ccccc3[nH]2)c1. The first-order chi connectivity index (χ1) is 13.7. The second kappa shape index (κ2) is 7.57. The Morgan fingerprint density at radius 1 is 1.11 bits per heavy atom. The predicted molar refractivity (Wildman–Crippen MR) is 106 cm³/mol. The molecule has 2 heterocycles. The van der Waals surface area contributed by atoms with Gasteiger partial charge < -0.3 is 15.2 Å². The van der Waals surface area contributed by atoms with Gasteiger partial charge in [-0.25, -0.2) is 0 Å². The number of carbonyl (C=O) groups is 2. The summed E-state index contributed by atoms with van der Waals surface area (Å²) in [4.78, 5) is 30.5. The van der Waals surface area contributed by atoms with E-state index >= 15 is 0 Å². The highest BCUT2D eigenvalue weighted by Crippen LogP contribution is 2.32. The lowest BCUT2D eigenvalue weighted by Crippen LogP contribution is -2.44. The van der Waals surface area contributed by atoms with Gasteiger partial charge in [-0.2, -0.15) is 5.26 Å². The van der Waals surface area contributed by atoms with Crippen LogP contribution in [0.15, 0.2) is 54.6 Å². The van der Waals surface area contributed by atoms with Crippen molar-refractivity contribution in [3.8, 4) is 6.07 Å². The maximum atomic E-state index is 12.9. The minimum Gasteiger partial charge on any atom is -0.357 e. The topological polar surface area (TPSA) is 89.0 Å². The van der Waals surface area contributed by atoms with Gasteiger partial charge in [-0.15, -0.1) is 0 Å². The average molecular weight is 372 g/mol. The summed E-state index contributed by atoms with van der Waals surface area (Å²) >= 11 is 0. The summed E-state index contributed by atoms with van der Waals surface area (Å²) in [7, 11) is 0. The lowest BCUT2D eigenvalue weighted by Gasteiger charge is -2.34. The standard InChI is InChI=1S/C22H20N4O2/c23-14-15-6-5-8-17(12-15)24-21(27)22(28)26-11-4-3-10-20(26)19-13-16-7-1-2-9-18(16)25-19/h1-2,5-9,12-13,20,25H,3-4,10-11H2,(H,24,27)/t20-/m1/s1. The van der Waals surface area contributed by atoms with E-state index < -0.39 is 11.8 Å². The Labute approximate surface area is 162 Å². The molecule has 1 aliphatic rings. The predicted octanol–water partition coefficient (Wildman–Crippen LogP) is 3.73. The molecule has 1 aromatic heterocycles. The molecular formula is C22H20N4O2. The number of benzene rings is 2. The zero-order valence-corrected chi connectivity index (χ0v) is 15.3. The molecule has 3 aromatic rings. The van der Waals surface area contributed by atoms with Crippen LogP contribution in [0.4, 0.5) is 5.69 Å². The van der Waals surface area contributed by atoms with Crippen LogP contribution in [0.1, 0.15) is 36.6 Å². The van der Waals surface area contributed by atoms with Crippen LogP contribution in [0.2, 0.25) is 0 Å². The van der Waals surface area contributed by atoms with Crippen LogP contribution in [0.5, 0.6) is 0 Å². The number of likely N-dealkylation sites (tertiary alicyclic amines) is 1. The largest absolute Gasteiger partial charge is 0.357 e. The molecule has 6 nitrogen and oxygen atoms in total. The maximum absolute atomic E-state index is 12.9. The second-order valence-electron chi connectivity index (χ2n) is 6.97. The van der Waals surface area contributed by atoms with Gasteiger partial charge >= 0.3 is 11.8 Å². The molecule has 2 N–H and O–H groups in total. The van der Waals surface area contributed by atoms with Gasteiger partial charge in [-0.1, -0.05) is 24.3 Å². The molecule has 0 bridgehead atoms. The number of anilines is 1. The van der Waals surface area contributed by atoms with E-state index in [-0.39, 0.29) is 6.04 Å². The van der Waals surface area contributed by atoms with Crippen molar-refractivity contribution in [2.45, 2.75) is 25.3 Å². The Bertz CT molecular complexity index is 1050. The number of H-pyrrole nitrogens is 1. The van der Waals surface area contributed by atoms with Crippen molar-refractivity contribution < 1.29 is 9.59 Å². The number of rotatable bonds is 2. The number of nitrogens with zero attached hydrogens (tertiary/aromatic N) is 2. The Hall–Kier alpha value is -3.59. The second-order valence-corrected chi connectivity index (χ2v) is 6.97. The Morgan fingerprint density at radius 2 is 1.96 bits per heavy atom. The third-order valence-corrected chi connectivity index (χ3v) is 5.12. The van der Waals surface area contributed by atoms with Crippen LogP contribution in [0.25, 0.3) is 10.9 Å². The van der Waals surface area contributed by atoms with Crippen LogP contribution in [-0.4, -0.2) is 28.2 Å². The number of para-hydroxylation sites is 1. The number of aromatic amines is 1. The van der Waals surface area contributed by atoms with Gasteiger partial charge in [0.2, 0.25) is 0 Å². The van der Waals surface area contributed by atoms with E-state index in [0.717, 1.165) is 35.9 Å². The number of nitriles is 1. The third-order valence-electron chi connectivity index (χ3n) is 5.12. The van der Waals surface area contributed by atoms with E-state index in [2.05, 4.69) is 16.4 Å². The zero-order chi connectivity index (χ0) is 19.5. The molecule has 2 amide bonds. The van der Waals surface area contributed by atoms with Crippen molar-refractivity contribution in [1.82, 2.24) is 9.88 Å². The van der Waals surface area contributed by atoms with Gasteiger partial charge in [-0.05, 0) is 55.0 Å². The lowest BCUT2D eigenvalue weighted by atomic mass is 9.99. The van der Waals surface area contributed by atoms with E-state index in [9.17, 15) is 9.59 Å². The normalized spacial score (nSPS) is 16.5. The molecule has 1 fully saturated rings. The Balaban J connectivity index is 1.55. The number of piperidine rings is 1. The third kappa shape index (κ3) is 3.47. The fourth-order valence-corrected chi connectivity index (χ4v) is 3.75. The number of aromatic nitrogens is 1. The molecule has 140 valence electrons. The molecule has 0 aliphatic carbocycles. The van der Waals surface area contributed by atoms with Gasteiger partial charge in [-0.3, -0.25) is 9.59 Å². The van der Waals surface area contributed by atoms with E-state index in [0.29, 0.717) is 17.8 Å². The average Bonchev–Trinajstić information content (AvgIpc) is 3.17. The summed E-state index contributed by atoms with van der Waals surface area (Å²) in [6.07, 6.45) is 2.70. The highest BCUT2D eigenvalue weighted by Gasteiger charge is 2.32. The molecule has 28 heavy (non-hydrogen) atoms. The van der Waals surface area contributed by atoms with Gasteiger partial charge in [0.15, 0.2) is 0 Å². The Kier molecular flexibility index (Phi) is 4.81. The number of hydrogen-bond acceptors (Lipinski definition) is 3. The summed E-state index contributed by atoms with van der Waals surface area (Å²) in [5.41, 5.74) is 2.84. The number of carbonyl (C=O) groups excluding carboxylic acids is 2. The fraction of sp³-hybridized carbons (Fsp3) is 0.227. The van der Waals surface area contributed by atoms with Gasteiger partial charge in [0.25, 0.3) is 0 Å². The van der Waals surface area contributed by atoms with Gasteiger partial charge in [0.1, 0.15) is 0 Å². The number of nitrogens with one attached hydrogen (secondary N) is 2. The Morgan fingerprint density at radius 3 is 2.79 bits per heavy atom. The minimum absolute atomic E-state index is 0.148. The van der Waals surface area contributed by atoms with Crippen molar-refractivity contribution in [2.75, 3.05) is 11.9 Å². The zero-order valence-electron chi connectivity index (χ0n) is 15.3. The maximum Gasteiger partial charge on any atom is 0.313 e. The quantitative estimate of drug-likeness (QED) is 0.672. The van der Waals surface area contributed by atoms with Crippen LogP contribution in [0.3, 0.4) is 0 Å². The van der Waals surface area contributed by atoms with Crippen LogP contribution in [0, 0.1) is 11.3 Å². The van der Waals surface area contributed by atoms with Crippen LogP contribution in [-0.2, 0) is 9.59 Å². The summed E-state index contributed by atoms with van der Waals surface area (Å²) in [5.74, 6) is -1.23. The monoisotopic (exact) mass is 372 g/mol. The molecule has 1 aliphatic heterocycles. The van der Waals surface area contributed by atoms with Crippen molar-refractivity contribution in [1.29, 1.82) is 5.26 Å². The molecule has 1 atom stereocenters. The number of amides is 2. The highest BCUT2D eigenvalue weighted by atomic mass is 16.2. The molecule has 0 saturated carbocycles. The van der Waals surface area contributed by atoms with E-state index in [4.69, 9.17) is 5.26 Å². The molecule has 2 aromatic carbocycles. The smallest absolute Gasteiger partial charge is 0.313 e. The lowest BCUT2D eigenvalue weighted by molar-refractivity contribution is -0.145. The first kappa shape index (κ1) is 17.8. The number of hydrogen-bond donors (Lipinski definition) is 2. The molecular weight excluding hydrogens is 352 g/mol. The number of fused-ring (bicyclic) bond motifs is 1. The summed E-state index contributed by atoms with van der Waals surface area (Å²) in [6.45, 7) is 0.546. The molecule has 1 saturated heterocycles. The summed E-state index contributed by atoms with van der Waals surface area (Å²) in [6, 6.07) is 18.4. The van der Waals surface area contributed by atoms with E-state index in [1.165, 1.54) is 0 Å². The van der Waals surface area contributed by atoms with Crippen molar-refractivity contribution in [3.05, 3.63) is 65.9 Å². The van der Waals surface area contributed by atoms with E-state index in [1.54, 1.807) is 29.2 Å². The molecule has 0 unspecified atom stereocenters. The highest BCUT2D eigenvalue weighted by molar-refractivity contribution is 6.39. The summed E-state index contributed by atoms with van der Waals surface area (Å²) in [5, 5.41) is 12.7. The molecule has 0 spiro atoms. The van der Waals surface area contributed by atoms with E-state index in [1.807, 2.05) is 30.3 Å². The molecule has 0 radical (unpaired) electrons. The van der Waals surface area contributed by atoms with Crippen molar-refractivity contribution in [3.63, 3.8) is 0 Å². The van der Waals surface area contributed by atoms with Crippen LogP contribution >= 0.6 is 0 Å². The first-order valence-electron chi connectivity index (χ1n) is 9.35. The van der Waals surface area contributed by atoms with Crippen molar-refractivity contribution >= 4 is 28.4 Å². The first-order valence-corrected chi connectivity index (χ1v) is 9.35. The summed E-state index contributed by atoms with van der Waals surface area (Å²) < 4.78 is 0. The van der Waals surface area contributed by atoms with Gasteiger partial charge in [0, 0.05) is 23.4 Å². The molecule has 4 rings (SSSR count). The van der Waals surface area contributed by atoms with Crippen molar-refractivity contribution in [2.24, 2.45) is 0 Å². The molecule has 6 heteroatoms. The van der Waals surface area contributed by atoms with Crippen LogP contribution < -0.4 is 5.32 Å².